The Morgan fingerprint density at radius 1 is 1.24 bits per heavy atom. The van der Waals surface area contributed by atoms with Gasteiger partial charge in [0, 0.05) is 31.1 Å². The molecule has 0 unspecified atom stereocenters. The van der Waals surface area contributed by atoms with Crippen LogP contribution in [0.4, 0.5) is 0 Å². The molecule has 3 rings (SSSR count). The predicted octanol–water partition coefficient (Wildman–Crippen LogP) is 0.293. The number of likely N-dealkylation sites (N-methyl/N-ethyl adjacent to an activating group) is 1. The summed E-state index contributed by atoms with van der Waals surface area (Å²) in [6.07, 6.45) is 4.61. The van der Waals surface area contributed by atoms with Gasteiger partial charge in [-0.3, -0.25) is 9.69 Å². The van der Waals surface area contributed by atoms with E-state index in [9.17, 15) is 4.79 Å². The van der Waals surface area contributed by atoms with Crippen molar-refractivity contribution < 1.29 is 4.79 Å². The highest BCUT2D eigenvalue weighted by molar-refractivity contribution is 5.79. The zero-order valence-electron chi connectivity index (χ0n) is 10.7. The Labute approximate surface area is 103 Å². The number of carbonyl (C=O) groups is 1. The van der Waals surface area contributed by atoms with Crippen molar-refractivity contribution in [3.8, 4) is 0 Å². The molecule has 17 heavy (non-hydrogen) atoms. The summed E-state index contributed by atoms with van der Waals surface area (Å²) < 4.78 is 0. The zero-order chi connectivity index (χ0) is 11.9. The SMILES string of the molecule is CN1CCN(C(=O)C2CCNCC2)CC12CC2. The normalized spacial score (nSPS) is 29.6. The smallest absolute Gasteiger partial charge is 0.225 e. The molecule has 1 amide bonds. The van der Waals surface area contributed by atoms with E-state index in [4.69, 9.17) is 0 Å². The number of piperidine rings is 1. The molecule has 3 fully saturated rings. The van der Waals surface area contributed by atoms with Crippen LogP contribution in [0.25, 0.3) is 0 Å². The van der Waals surface area contributed by atoms with Crippen LogP contribution in [-0.4, -0.2) is 61.0 Å². The van der Waals surface area contributed by atoms with Crippen LogP contribution in [0.3, 0.4) is 0 Å². The van der Waals surface area contributed by atoms with E-state index in [1.807, 2.05) is 0 Å². The first-order valence-electron chi connectivity index (χ1n) is 6.92. The first kappa shape index (κ1) is 11.5. The molecule has 2 heterocycles. The van der Waals surface area contributed by atoms with Crippen molar-refractivity contribution in [2.24, 2.45) is 5.92 Å². The minimum Gasteiger partial charge on any atom is -0.339 e. The Morgan fingerprint density at radius 3 is 2.59 bits per heavy atom. The molecule has 0 radical (unpaired) electrons. The molecule has 1 N–H and O–H groups in total. The van der Waals surface area contributed by atoms with E-state index in [1.165, 1.54) is 12.8 Å². The maximum absolute atomic E-state index is 12.5. The summed E-state index contributed by atoms with van der Waals surface area (Å²) in [5.41, 5.74) is 0.362. The van der Waals surface area contributed by atoms with Crippen molar-refractivity contribution in [1.29, 1.82) is 0 Å². The second kappa shape index (κ2) is 4.25. The van der Waals surface area contributed by atoms with Gasteiger partial charge in [-0.15, -0.1) is 0 Å². The van der Waals surface area contributed by atoms with Crippen molar-refractivity contribution in [1.82, 2.24) is 15.1 Å². The minimum absolute atomic E-state index is 0.287. The lowest BCUT2D eigenvalue weighted by Crippen LogP contribution is -2.56. The summed E-state index contributed by atoms with van der Waals surface area (Å²) >= 11 is 0. The highest BCUT2D eigenvalue weighted by Crippen LogP contribution is 2.43. The molecule has 0 atom stereocenters. The Kier molecular flexibility index (Phi) is 2.87. The number of amides is 1. The number of nitrogens with zero attached hydrogens (tertiary/aromatic N) is 2. The van der Waals surface area contributed by atoms with Crippen LogP contribution in [0.15, 0.2) is 0 Å². The summed E-state index contributed by atoms with van der Waals surface area (Å²) in [6.45, 7) is 4.98. The third kappa shape index (κ3) is 2.08. The molecule has 2 saturated heterocycles. The molecule has 1 spiro atoms. The summed E-state index contributed by atoms with van der Waals surface area (Å²) in [5.74, 6) is 0.710. The van der Waals surface area contributed by atoms with Gasteiger partial charge >= 0.3 is 0 Å². The molecule has 4 heteroatoms. The molecular weight excluding hydrogens is 214 g/mol. The van der Waals surface area contributed by atoms with E-state index in [0.29, 0.717) is 11.4 Å². The average molecular weight is 237 g/mol. The lowest BCUT2D eigenvalue weighted by Gasteiger charge is -2.41. The number of hydrogen-bond donors (Lipinski definition) is 1. The van der Waals surface area contributed by atoms with Gasteiger partial charge in [-0.2, -0.15) is 0 Å². The Hall–Kier alpha value is -0.610. The molecule has 0 aromatic rings. The first-order chi connectivity index (χ1) is 8.21. The van der Waals surface area contributed by atoms with Crippen LogP contribution in [-0.2, 0) is 4.79 Å². The monoisotopic (exact) mass is 237 g/mol. The van der Waals surface area contributed by atoms with Gasteiger partial charge in [0.1, 0.15) is 0 Å². The third-order valence-corrected chi connectivity index (χ3v) is 4.83. The van der Waals surface area contributed by atoms with Crippen molar-refractivity contribution in [3.05, 3.63) is 0 Å². The van der Waals surface area contributed by atoms with E-state index in [-0.39, 0.29) is 5.92 Å². The fourth-order valence-corrected chi connectivity index (χ4v) is 3.26. The first-order valence-corrected chi connectivity index (χ1v) is 6.92. The van der Waals surface area contributed by atoms with E-state index < -0.39 is 0 Å². The van der Waals surface area contributed by atoms with Crippen molar-refractivity contribution in [2.45, 2.75) is 31.2 Å². The zero-order valence-corrected chi connectivity index (χ0v) is 10.7. The summed E-state index contributed by atoms with van der Waals surface area (Å²) in [4.78, 5) is 17.1. The van der Waals surface area contributed by atoms with Crippen LogP contribution in [0, 0.1) is 5.92 Å². The molecule has 0 bridgehead atoms. The van der Waals surface area contributed by atoms with Gasteiger partial charge in [0.05, 0.1) is 0 Å². The molecular formula is C13H23N3O. The Bertz CT molecular complexity index is 308. The number of rotatable bonds is 1. The van der Waals surface area contributed by atoms with Crippen LogP contribution in [0.5, 0.6) is 0 Å². The topological polar surface area (TPSA) is 35.6 Å². The summed E-state index contributed by atoms with van der Waals surface area (Å²) in [7, 11) is 2.21. The maximum Gasteiger partial charge on any atom is 0.225 e. The lowest BCUT2D eigenvalue weighted by atomic mass is 9.95. The third-order valence-electron chi connectivity index (χ3n) is 4.83. The van der Waals surface area contributed by atoms with Gasteiger partial charge in [0.15, 0.2) is 0 Å². The second-order valence-corrected chi connectivity index (χ2v) is 5.93. The number of hydrogen-bond acceptors (Lipinski definition) is 3. The highest BCUT2D eigenvalue weighted by Gasteiger charge is 2.50. The van der Waals surface area contributed by atoms with Crippen molar-refractivity contribution in [3.63, 3.8) is 0 Å². The van der Waals surface area contributed by atoms with Crippen LogP contribution in [0.1, 0.15) is 25.7 Å². The van der Waals surface area contributed by atoms with E-state index in [2.05, 4.69) is 22.2 Å². The van der Waals surface area contributed by atoms with Gasteiger partial charge in [0.2, 0.25) is 5.91 Å². The van der Waals surface area contributed by atoms with Gasteiger partial charge in [-0.05, 0) is 45.8 Å². The van der Waals surface area contributed by atoms with Gasteiger partial charge in [0.25, 0.3) is 0 Å². The molecule has 3 aliphatic rings. The van der Waals surface area contributed by atoms with Gasteiger partial charge in [-0.1, -0.05) is 0 Å². The predicted molar refractivity (Wildman–Crippen MR) is 66.8 cm³/mol. The lowest BCUT2D eigenvalue weighted by molar-refractivity contribution is -0.139. The van der Waals surface area contributed by atoms with Crippen molar-refractivity contribution >= 4 is 5.91 Å². The molecule has 4 nitrogen and oxygen atoms in total. The van der Waals surface area contributed by atoms with Gasteiger partial charge < -0.3 is 10.2 Å². The van der Waals surface area contributed by atoms with Crippen LogP contribution in [0.2, 0.25) is 0 Å². The van der Waals surface area contributed by atoms with E-state index >= 15 is 0 Å². The van der Waals surface area contributed by atoms with Crippen LogP contribution >= 0.6 is 0 Å². The van der Waals surface area contributed by atoms with Crippen molar-refractivity contribution in [2.75, 3.05) is 39.8 Å². The quantitative estimate of drug-likeness (QED) is 0.712. The summed E-state index contributed by atoms with van der Waals surface area (Å²) in [5, 5.41) is 3.33. The Balaban J connectivity index is 1.62. The largest absolute Gasteiger partial charge is 0.339 e. The van der Waals surface area contributed by atoms with E-state index in [1.54, 1.807) is 0 Å². The Morgan fingerprint density at radius 2 is 1.94 bits per heavy atom. The molecule has 96 valence electrons. The number of carbonyl (C=O) groups excluding carboxylic acids is 1. The highest BCUT2D eigenvalue weighted by atomic mass is 16.2. The fourth-order valence-electron chi connectivity index (χ4n) is 3.26. The molecule has 0 aromatic heterocycles. The number of piperazine rings is 1. The standard InChI is InChI=1S/C13H23N3O/c1-15-8-9-16(10-13(15)4-5-13)12(17)11-2-6-14-7-3-11/h11,14H,2-10H2,1H3. The molecule has 0 aromatic carbocycles. The minimum atomic E-state index is 0.287. The molecule has 1 aliphatic carbocycles. The average Bonchev–Trinajstić information content (AvgIpc) is 3.14. The molecule has 2 aliphatic heterocycles. The van der Waals surface area contributed by atoms with E-state index in [0.717, 1.165) is 45.6 Å². The molecule has 1 saturated carbocycles. The second-order valence-electron chi connectivity index (χ2n) is 5.93. The van der Waals surface area contributed by atoms with Crippen LogP contribution < -0.4 is 5.32 Å². The number of nitrogens with one attached hydrogen (secondary N) is 1. The maximum atomic E-state index is 12.5. The fraction of sp³-hybridized carbons (Fsp3) is 0.923. The summed E-state index contributed by atoms with van der Waals surface area (Å²) in [6, 6.07) is 0. The van der Waals surface area contributed by atoms with Gasteiger partial charge in [-0.25, -0.2) is 0 Å².